The van der Waals surface area contributed by atoms with Crippen molar-refractivity contribution in [2.75, 3.05) is 11.9 Å². The summed E-state index contributed by atoms with van der Waals surface area (Å²) in [7, 11) is 0. The molecule has 0 aliphatic heterocycles. The van der Waals surface area contributed by atoms with Gasteiger partial charge in [-0.25, -0.2) is 9.97 Å². The molecule has 0 saturated carbocycles. The Balaban J connectivity index is 3.29. The van der Waals surface area contributed by atoms with E-state index in [-0.39, 0.29) is 22.1 Å². The molecule has 0 spiro atoms. The number of nitrogens with one attached hydrogen (secondary N) is 1. The molecule has 0 fully saturated rings. The van der Waals surface area contributed by atoms with E-state index in [1.807, 2.05) is 34.6 Å². The monoisotopic (exact) mass is 286 g/mol. The van der Waals surface area contributed by atoms with Crippen molar-refractivity contribution < 1.29 is 4.92 Å². The molecule has 0 aliphatic carbocycles. The summed E-state index contributed by atoms with van der Waals surface area (Å²) in [5.41, 5.74) is -0.595. The standard InChI is InChI=1S/C12H19ClN4O2/c1-7(2)6-14-10-8(17(18)19)9(13)15-11(16-10)12(3,4)5/h7H,6H2,1-5H3,(H,14,15,16). The smallest absolute Gasteiger partial charge is 0.348 e. The fourth-order valence-electron chi connectivity index (χ4n) is 1.35. The van der Waals surface area contributed by atoms with E-state index in [0.29, 0.717) is 18.3 Å². The van der Waals surface area contributed by atoms with Gasteiger partial charge in [0.25, 0.3) is 0 Å². The van der Waals surface area contributed by atoms with E-state index < -0.39 is 4.92 Å². The van der Waals surface area contributed by atoms with E-state index >= 15 is 0 Å². The molecule has 1 aromatic rings. The van der Waals surface area contributed by atoms with Gasteiger partial charge in [-0.1, -0.05) is 46.2 Å². The first-order chi connectivity index (χ1) is 8.62. The molecule has 0 saturated heterocycles. The van der Waals surface area contributed by atoms with E-state index in [2.05, 4.69) is 15.3 Å². The molecule has 1 aromatic heterocycles. The lowest BCUT2D eigenvalue weighted by atomic mass is 9.96. The van der Waals surface area contributed by atoms with Crippen molar-refractivity contribution in [3.63, 3.8) is 0 Å². The number of aromatic nitrogens is 2. The second kappa shape index (κ2) is 5.69. The Morgan fingerprint density at radius 2 is 1.95 bits per heavy atom. The second-order valence-corrected chi connectivity index (χ2v) is 6.18. The SMILES string of the molecule is CC(C)CNc1nc(C(C)(C)C)nc(Cl)c1[N+](=O)[O-]. The van der Waals surface area contributed by atoms with Gasteiger partial charge in [0.1, 0.15) is 5.82 Å². The van der Waals surface area contributed by atoms with E-state index in [9.17, 15) is 10.1 Å². The molecule has 0 amide bonds. The summed E-state index contributed by atoms with van der Waals surface area (Å²) in [6.07, 6.45) is 0. The molecule has 1 rings (SSSR count). The molecule has 0 unspecified atom stereocenters. The molecule has 0 aromatic carbocycles. The maximum atomic E-state index is 11.0. The first kappa shape index (κ1) is 15.6. The minimum Gasteiger partial charge on any atom is -0.364 e. The van der Waals surface area contributed by atoms with Gasteiger partial charge in [0, 0.05) is 12.0 Å². The average Bonchev–Trinajstić information content (AvgIpc) is 2.23. The fourth-order valence-corrected chi connectivity index (χ4v) is 1.59. The van der Waals surface area contributed by atoms with Crippen LogP contribution in [0.5, 0.6) is 0 Å². The van der Waals surface area contributed by atoms with Crippen LogP contribution in [0, 0.1) is 16.0 Å². The topological polar surface area (TPSA) is 81.0 Å². The molecule has 0 aliphatic rings. The summed E-state index contributed by atoms with van der Waals surface area (Å²) >= 11 is 5.92. The van der Waals surface area contributed by atoms with Gasteiger partial charge in [-0.15, -0.1) is 0 Å². The zero-order valence-corrected chi connectivity index (χ0v) is 12.6. The Kier molecular flexibility index (Phi) is 4.68. The van der Waals surface area contributed by atoms with Crippen molar-refractivity contribution in [1.82, 2.24) is 9.97 Å². The van der Waals surface area contributed by atoms with Gasteiger partial charge in [-0.3, -0.25) is 10.1 Å². The average molecular weight is 287 g/mol. The van der Waals surface area contributed by atoms with E-state index in [4.69, 9.17) is 11.6 Å². The predicted molar refractivity (Wildman–Crippen MR) is 75.7 cm³/mol. The third-order valence-electron chi connectivity index (χ3n) is 2.37. The van der Waals surface area contributed by atoms with Crippen molar-refractivity contribution in [2.24, 2.45) is 5.92 Å². The molecule has 0 bridgehead atoms. The minimum absolute atomic E-state index is 0.129. The van der Waals surface area contributed by atoms with Crippen LogP contribution in [-0.2, 0) is 5.41 Å². The zero-order valence-electron chi connectivity index (χ0n) is 11.8. The number of hydrogen-bond donors (Lipinski definition) is 1. The summed E-state index contributed by atoms with van der Waals surface area (Å²) in [5, 5.41) is 13.9. The van der Waals surface area contributed by atoms with Crippen LogP contribution in [0.1, 0.15) is 40.4 Å². The normalized spacial score (nSPS) is 11.7. The first-order valence-electron chi connectivity index (χ1n) is 6.09. The second-order valence-electron chi connectivity index (χ2n) is 5.82. The van der Waals surface area contributed by atoms with E-state index in [0.717, 1.165) is 0 Å². The molecule has 1 heterocycles. The number of anilines is 1. The number of rotatable bonds is 4. The molecule has 0 atom stereocenters. The third-order valence-corrected chi connectivity index (χ3v) is 2.64. The lowest BCUT2D eigenvalue weighted by molar-refractivity contribution is -0.384. The van der Waals surface area contributed by atoms with E-state index in [1.165, 1.54) is 0 Å². The van der Waals surface area contributed by atoms with Crippen LogP contribution in [0.4, 0.5) is 11.5 Å². The molecule has 7 heteroatoms. The highest BCUT2D eigenvalue weighted by Crippen LogP contribution is 2.32. The third kappa shape index (κ3) is 4.02. The maximum absolute atomic E-state index is 11.0. The highest BCUT2D eigenvalue weighted by atomic mass is 35.5. The molecule has 19 heavy (non-hydrogen) atoms. The molecular weight excluding hydrogens is 268 g/mol. The fraction of sp³-hybridized carbons (Fsp3) is 0.667. The summed E-state index contributed by atoms with van der Waals surface area (Å²) in [6, 6.07) is 0. The largest absolute Gasteiger partial charge is 0.364 e. The zero-order chi connectivity index (χ0) is 14.8. The number of nitrogens with zero attached hydrogens (tertiary/aromatic N) is 3. The number of nitro groups is 1. The van der Waals surface area contributed by atoms with Crippen LogP contribution in [0.3, 0.4) is 0 Å². The van der Waals surface area contributed by atoms with Crippen LogP contribution in [-0.4, -0.2) is 21.4 Å². The minimum atomic E-state index is -0.558. The molecule has 106 valence electrons. The Bertz CT molecular complexity index is 483. The number of halogens is 1. The van der Waals surface area contributed by atoms with Crippen molar-refractivity contribution in [1.29, 1.82) is 0 Å². The van der Waals surface area contributed by atoms with Crippen molar-refractivity contribution in [3.8, 4) is 0 Å². The van der Waals surface area contributed by atoms with Crippen LogP contribution in [0.15, 0.2) is 0 Å². The van der Waals surface area contributed by atoms with Gasteiger partial charge >= 0.3 is 5.69 Å². The van der Waals surface area contributed by atoms with Crippen LogP contribution in [0.25, 0.3) is 0 Å². The predicted octanol–water partition coefficient (Wildman–Crippen LogP) is 3.40. The number of hydrogen-bond acceptors (Lipinski definition) is 5. The Morgan fingerprint density at radius 1 is 1.37 bits per heavy atom. The Morgan fingerprint density at radius 3 is 2.37 bits per heavy atom. The highest BCUT2D eigenvalue weighted by Gasteiger charge is 2.27. The lowest BCUT2D eigenvalue weighted by Crippen LogP contribution is -2.19. The Hall–Kier alpha value is -1.43. The van der Waals surface area contributed by atoms with Crippen LogP contribution in [0.2, 0.25) is 5.15 Å². The molecular formula is C12H19ClN4O2. The summed E-state index contributed by atoms with van der Waals surface area (Å²) in [5.74, 6) is 1.00. The molecule has 6 nitrogen and oxygen atoms in total. The van der Waals surface area contributed by atoms with Crippen LogP contribution >= 0.6 is 11.6 Å². The van der Waals surface area contributed by atoms with Gasteiger partial charge in [0.05, 0.1) is 4.92 Å². The van der Waals surface area contributed by atoms with Gasteiger partial charge in [-0.05, 0) is 5.92 Å². The van der Waals surface area contributed by atoms with Crippen molar-refractivity contribution in [2.45, 2.75) is 40.0 Å². The van der Waals surface area contributed by atoms with Gasteiger partial charge in [-0.2, -0.15) is 0 Å². The lowest BCUT2D eigenvalue weighted by Gasteiger charge is -2.18. The summed E-state index contributed by atoms with van der Waals surface area (Å²) < 4.78 is 0. The first-order valence-corrected chi connectivity index (χ1v) is 6.47. The quantitative estimate of drug-likeness (QED) is 0.521. The van der Waals surface area contributed by atoms with Crippen molar-refractivity contribution >= 4 is 23.1 Å². The summed E-state index contributed by atoms with van der Waals surface area (Å²) in [4.78, 5) is 18.8. The van der Waals surface area contributed by atoms with Gasteiger partial charge in [0.2, 0.25) is 11.0 Å². The molecule has 0 radical (unpaired) electrons. The van der Waals surface area contributed by atoms with Gasteiger partial charge in [0.15, 0.2) is 0 Å². The maximum Gasteiger partial charge on any atom is 0.348 e. The van der Waals surface area contributed by atoms with Gasteiger partial charge < -0.3 is 5.32 Å². The highest BCUT2D eigenvalue weighted by molar-refractivity contribution is 6.31. The van der Waals surface area contributed by atoms with E-state index in [1.54, 1.807) is 0 Å². The Labute approximate surface area is 117 Å². The summed E-state index contributed by atoms with van der Waals surface area (Å²) in [6.45, 7) is 10.4. The molecule has 1 N–H and O–H groups in total. The van der Waals surface area contributed by atoms with Crippen LogP contribution < -0.4 is 5.32 Å². The van der Waals surface area contributed by atoms with Crippen molar-refractivity contribution in [3.05, 3.63) is 21.1 Å².